The minimum absolute atomic E-state index is 0.0610. The van der Waals surface area contributed by atoms with Gasteiger partial charge in [-0.25, -0.2) is 0 Å². The SMILES string of the molecule is CCN(C1=CC(c2ccccc2)=CC(C(=O)NCc2c(C)cc(C)[nH]c2=O)C1(C)CN1CCN(CCCCCOc2cccc3c2C(=O)N(C2CCC(=O)NC2=O)C3=O)CC1)C1CCOCC1. The highest BCUT2D eigenvalue weighted by atomic mass is 16.5. The van der Waals surface area contributed by atoms with Crippen LogP contribution in [-0.2, 0) is 25.7 Å². The number of allylic oxidation sites excluding steroid dienone is 2. The molecule has 4 aliphatic heterocycles. The van der Waals surface area contributed by atoms with Gasteiger partial charge in [-0.1, -0.05) is 49.4 Å². The summed E-state index contributed by atoms with van der Waals surface area (Å²) < 4.78 is 11.9. The molecule has 3 fully saturated rings. The predicted molar refractivity (Wildman–Crippen MR) is 254 cm³/mol. The summed E-state index contributed by atoms with van der Waals surface area (Å²) in [6, 6.07) is 16.4. The second-order valence-corrected chi connectivity index (χ2v) is 18.9. The van der Waals surface area contributed by atoms with Gasteiger partial charge in [0.15, 0.2) is 0 Å². The van der Waals surface area contributed by atoms with Crippen molar-refractivity contribution in [2.75, 3.05) is 65.6 Å². The second-order valence-electron chi connectivity index (χ2n) is 18.9. The van der Waals surface area contributed by atoms with E-state index in [4.69, 9.17) is 9.47 Å². The number of piperazine rings is 1. The number of fused-ring (bicyclic) bond motifs is 1. The van der Waals surface area contributed by atoms with Crippen LogP contribution in [0.3, 0.4) is 0 Å². The highest BCUT2D eigenvalue weighted by Crippen LogP contribution is 2.47. The van der Waals surface area contributed by atoms with Crippen molar-refractivity contribution in [1.82, 2.24) is 35.2 Å². The Labute approximate surface area is 392 Å². The van der Waals surface area contributed by atoms with Gasteiger partial charge in [0.05, 0.1) is 23.7 Å². The maximum Gasteiger partial charge on any atom is 0.266 e. The van der Waals surface area contributed by atoms with Crippen molar-refractivity contribution in [2.24, 2.45) is 11.3 Å². The standard InChI is InChI=1S/C52H65N7O8/c1-5-58(38-19-27-66-28-20-38)44-31-37(36-13-8-6-9-14-36)30-41(48(62)53-32-40-34(2)29-35(3)54-47(40)61)52(44,4)33-57-24-22-56(23-25-57)21-10-7-11-26-67-43-16-12-15-39-46(43)51(65)59(50(39)64)42-17-18-45(60)55-49(42)63/h6,8-9,12-16,29-31,38,41-42H,5,7,10-11,17-28,32-33H2,1-4H3,(H,53,62)(H,54,61)(H,55,60,63). The Morgan fingerprint density at radius 3 is 2.37 bits per heavy atom. The van der Waals surface area contributed by atoms with Crippen molar-refractivity contribution in [1.29, 1.82) is 0 Å². The number of ether oxygens (including phenoxy) is 2. The first kappa shape index (κ1) is 47.6. The summed E-state index contributed by atoms with van der Waals surface area (Å²) >= 11 is 0. The fourth-order valence-corrected chi connectivity index (χ4v) is 10.7. The molecule has 0 saturated carbocycles. The van der Waals surface area contributed by atoms with Crippen LogP contribution in [0.5, 0.6) is 5.75 Å². The van der Waals surface area contributed by atoms with E-state index in [-0.39, 0.29) is 48.0 Å². The number of carbonyl (C=O) groups is 5. The average molecular weight is 916 g/mol. The molecule has 5 amide bonds. The van der Waals surface area contributed by atoms with Crippen LogP contribution in [0.15, 0.2) is 77.2 Å². The summed E-state index contributed by atoms with van der Waals surface area (Å²) in [5, 5.41) is 5.45. The molecule has 67 heavy (non-hydrogen) atoms. The molecule has 8 rings (SSSR count). The highest BCUT2D eigenvalue weighted by Gasteiger charge is 2.48. The lowest BCUT2D eigenvalue weighted by Gasteiger charge is -2.50. The molecule has 356 valence electrons. The smallest absolute Gasteiger partial charge is 0.266 e. The number of imide groups is 2. The third-order valence-electron chi connectivity index (χ3n) is 14.3. The van der Waals surface area contributed by atoms with Crippen molar-refractivity contribution in [3.63, 3.8) is 0 Å². The fourth-order valence-electron chi connectivity index (χ4n) is 10.7. The molecule has 1 aliphatic carbocycles. The predicted octanol–water partition coefficient (Wildman–Crippen LogP) is 4.98. The third-order valence-corrected chi connectivity index (χ3v) is 14.3. The number of pyridine rings is 1. The van der Waals surface area contributed by atoms with E-state index in [1.165, 1.54) is 5.70 Å². The van der Waals surface area contributed by atoms with Gasteiger partial charge in [-0.3, -0.25) is 43.9 Å². The second kappa shape index (κ2) is 20.9. The lowest BCUT2D eigenvalue weighted by Crippen LogP contribution is -2.56. The molecule has 3 aromatic rings. The minimum Gasteiger partial charge on any atom is -0.493 e. The van der Waals surface area contributed by atoms with Gasteiger partial charge in [-0.05, 0) is 107 Å². The number of nitrogens with one attached hydrogen (secondary N) is 3. The van der Waals surface area contributed by atoms with E-state index in [9.17, 15) is 28.8 Å². The van der Waals surface area contributed by atoms with Gasteiger partial charge in [-0.2, -0.15) is 0 Å². The lowest BCUT2D eigenvalue weighted by atomic mass is 9.67. The lowest BCUT2D eigenvalue weighted by molar-refractivity contribution is -0.136. The Kier molecular flexibility index (Phi) is 14.9. The number of hydrogen-bond acceptors (Lipinski definition) is 11. The molecule has 1 aromatic heterocycles. The van der Waals surface area contributed by atoms with E-state index in [0.717, 1.165) is 98.7 Å². The Hall–Kier alpha value is -5.90. The Morgan fingerprint density at radius 2 is 1.66 bits per heavy atom. The van der Waals surface area contributed by atoms with Crippen LogP contribution in [0.2, 0.25) is 0 Å². The summed E-state index contributed by atoms with van der Waals surface area (Å²) in [6.07, 6.45) is 9.12. The van der Waals surface area contributed by atoms with Gasteiger partial charge < -0.3 is 29.6 Å². The number of hydrogen-bond donors (Lipinski definition) is 3. The van der Waals surface area contributed by atoms with Gasteiger partial charge in [0.1, 0.15) is 11.8 Å². The van der Waals surface area contributed by atoms with Crippen molar-refractivity contribution >= 4 is 35.1 Å². The maximum absolute atomic E-state index is 14.8. The quantitative estimate of drug-likeness (QED) is 0.123. The molecule has 15 heteroatoms. The normalized spacial score (nSPS) is 22.8. The molecule has 0 bridgehead atoms. The molecular formula is C52H65N7O8. The molecule has 5 heterocycles. The van der Waals surface area contributed by atoms with Crippen molar-refractivity contribution in [3.8, 4) is 5.75 Å². The number of amides is 5. The molecule has 15 nitrogen and oxygen atoms in total. The topological polar surface area (TPSA) is 174 Å². The highest BCUT2D eigenvalue weighted by molar-refractivity contribution is 6.24. The molecule has 5 aliphatic rings. The van der Waals surface area contributed by atoms with E-state index < -0.39 is 41.0 Å². The number of piperidine rings is 1. The van der Waals surface area contributed by atoms with Crippen LogP contribution in [0.4, 0.5) is 0 Å². The Morgan fingerprint density at radius 1 is 0.910 bits per heavy atom. The number of benzene rings is 2. The largest absolute Gasteiger partial charge is 0.493 e. The summed E-state index contributed by atoms with van der Waals surface area (Å²) in [5.74, 6) is -2.47. The van der Waals surface area contributed by atoms with Gasteiger partial charge >= 0.3 is 0 Å². The Balaban J connectivity index is 0.903. The van der Waals surface area contributed by atoms with Gasteiger partial charge in [0.25, 0.3) is 17.4 Å². The zero-order chi connectivity index (χ0) is 47.2. The summed E-state index contributed by atoms with van der Waals surface area (Å²) in [5.41, 5.74) is 5.05. The summed E-state index contributed by atoms with van der Waals surface area (Å²) in [7, 11) is 0. The maximum atomic E-state index is 14.8. The molecular weight excluding hydrogens is 851 g/mol. The van der Waals surface area contributed by atoms with Gasteiger partial charge in [0, 0.05) is 93.9 Å². The fraction of sp³-hybridized carbons (Fsp3) is 0.500. The number of H-pyrrole nitrogens is 1. The molecule has 3 saturated heterocycles. The van der Waals surface area contributed by atoms with Crippen LogP contribution >= 0.6 is 0 Å². The van der Waals surface area contributed by atoms with Crippen molar-refractivity contribution in [2.45, 2.75) is 91.3 Å². The number of aromatic nitrogens is 1. The van der Waals surface area contributed by atoms with Crippen LogP contribution in [-0.4, -0.2) is 132 Å². The Bertz CT molecular complexity index is 2470. The number of unbranched alkanes of at least 4 members (excludes halogenated alkanes) is 2. The number of aromatic amines is 1. The minimum atomic E-state index is -1.03. The first-order valence-corrected chi connectivity index (χ1v) is 24.1. The van der Waals surface area contributed by atoms with E-state index in [2.05, 4.69) is 68.4 Å². The molecule has 3 N–H and O–H groups in total. The van der Waals surface area contributed by atoms with Crippen molar-refractivity contribution < 1.29 is 33.4 Å². The van der Waals surface area contributed by atoms with Gasteiger partial charge in [-0.15, -0.1) is 0 Å². The monoisotopic (exact) mass is 915 g/mol. The zero-order valence-corrected chi connectivity index (χ0v) is 39.4. The molecule has 2 aromatic carbocycles. The van der Waals surface area contributed by atoms with Crippen LogP contribution in [0.1, 0.15) is 102 Å². The van der Waals surface area contributed by atoms with Gasteiger partial charge in [0.2, 0.25) is 17.7 Å². The zero-order valence-electron chi connectivity index (χ0n) is 39.4. The molecule has 3 atom stereocenters. The number of nitrogens with zero attached hydrogens (tertiary/aromatic N) is 4. The van der Waals surface area contributed by atoms with Crippen LogP contribution < -0.4 is 20.9 Å². The van der Waals surface area contributed by atoms with E-state index in [1.807, 2.05) is 38.1 Å². The average Bonchev–Trinajstić information content (AvgIpc) is 3.57. The van der Waals surface area contributed by atoms with Crippen LogP contribution in [0, 0.1) is 25.2 Å². The van der Waals surface area contributed by atoms with Crippen LogP contribution in [0.25, 0.3) is 5.57 Å². The first-order valence-electron chi connectivity index (χ1n) is 24.1. The van der Waals surface area contributed by atoms with Crippen molar-refractivity contribution in [3.05, 3.63) is 116 Å². The van der Waals surface area contributed by atoms with E-state index >= 15 is 0 Å². The van der Waals surface area contributed by atoms with E-state index in [1.54, 1.807) is 18.2 Å². The molecule has 3 unspecified atom stereocenters. The summed E-state index contributed by atoms with van der Waals surface area (Å²) in [4.78, 5) is 90.2. The molecule has 0 radical (unpaired) electrons. The molecule has 0 spiro atoms. The van der Waals surface area contributed by atoms with E-state index in [0.29, 0.717) is 37.7 Å². The first-order chi connectivity index (χ1) is 32.4. The number of aryl methyl sites for hydroxylation is 2. The third kappa shape index (κ3) is 10.3. The summed E-state index contributed by atoms with van der Waals surface area (Å²) in [6.45, 7) is 16.1. The number of rotatable bonds is 17. The number of carbonyl (C=O) groups excluding carboxylic acids is 5.